The zero-order valence-electron chi connectivity index (χ0n) is 10.1. The molecule has 0 N–H and O–H groups in total. The topological polar surface area (TPSA) is 31.4 Å². The summed E-state index contributed by atoms with van der Waals surface area (Å²) < 4.78 is 10.4. The molecule has 90 valence electrons. The largest absolute Gasteiger partial charge is 0.350 e. The van der Waals surface area contributed by atoms with Gasteiger partial charge in [-0.2, -0.15) is 0 Å². The number of aryl methyl sites for hydroxylation is 1. The molecule has 2 aromatic rings. The minimum atomic E-state index is -0.384. The van der Waals surface area contributed by atoms with Gasteiger partial charge in [-0.05, 0) is 13.0 Å². The van der Waals surface area contributed by atoms with E-state index < -0.39 is 0 Å². The van der Waals surface area contributed by atoms with E-state index in [-0.39, 0.29) is 6.29 Å². The van der Waals surface area contributed by atoms with Crippen LogP contribution in [0.1, 0.15) is 17.5 Å². The van der Waals surface area contributed by atoms with E-state index in [9.17, 15) is 0 Å². The van der Waals surface area contributed by atoms with E-state index in [0.717, 1.165) is 16.3 Å². The summed E-state index contributed by atoms with van der Waals surface area (Å²) in [5.74, 6) is 0. The quantitative estimate of drug-likeness (QED) is 0.778. The number of aromatic nitrogens is 1. The zero-order chi connectivity index (χ0) is 12.3. The van der Waals surface area contributed by atoms with Crippen LogP contribution >= 0.6 is 11.3 Å². The molecule has 0 fully saturated rings. The number of hydrogen-bond acceptors (Lipinski definition) is 4. The first kappa shape index (κ1) is 12.2. The van der Waals surface area contributed by atoms with Crippen LogP contribution in [0.3, 0.4) is 0 Å². The molecule has 0 saturated carbocycles. The molecule has 0 aliphatic heterocycles. The second-order valence-electron chi connectivity index (χ2n) is 3.75. The number of thiazole rings is 1. The van der Waals surface area contributed by atoms with Gasteiger partial charge >= 0.3 is 0 Å². The Hall–Kier alpha value is -1.23. The predicted octanol–water partition coefficient (Wildman–Crippen LogP) is 3.41. The molecule has 4 heteroatoms. The maximum absolute atomic E-state index is 5.18. The van der Waals surface area contributed by atoms with Gasteiger partial charge < -0.3 is 9.47 Å². The zero-order valence-corrected chi connectivity index (χ0v) is 11.0. The minimum Gasteiger partial charge on any atom is -0.350 e. The van der Waals surface area contributed by atoms with Crippen LogP contribution in [0, 0.1) is 6.92 Å². The first-order valence-electron chi connectivity index (χ1n) is 5.32. The van der Waals surface area contributed by atoms with E-state index in [1.807, 2.05) is 11.4 Å². The van der Waals surface area contributed by atoms with Crippen LogP contribution in [0.2, 0.25) is 0 Å². The number of ether oxygens (including phenoxy) is 2. The van der Waals surface area contributed by atoms with Gasteiger partial charge in [-0.3, -0.25) is 0 Å². The SMILES string of the molecule is COC(OC)c1csc(-c2cccc(C)c2)n1. The molecule has 1 aromatic heterocycles. The van der Waals surface area contributed by atoms with E-state index in [1.165, 1.54) is 5.56 Å². The van der Waals surface area contributed by atoms with E-state index in [1.54, 1.807) is 25.6 Å². The van der Waals surface area contributed by atoms with Gasteiger partial charge in [0.05, 0.1) is 0 Å². The highest BCUT2D eigenvalue weighted by molar-refractivity contribution is 7.13. The molecule has 0 atom stereocenters. The second kappa shape index (κ2) is 5.40. The third-order valence-corrected chi connectivity index (χ3v) is 3.37. The Morgan fingerprint density at radius 3 is 2.65 bits per heavy atom. The van der Waals surface area contributed by atoms with Crippen molar-refractivity contribution in [3.05, 3.63) is 40.9 Å². The number of hydrogen-bond donors (Lipinski definition) is 0. The average molecular weight is 249 g/mol. The van der Waals surface area contributed by atoms with Crippen molar-refractivity contribution in [2.45, 2.75) is 13.2 Å². The fraction of sp³-hybridized carbons (Fsp3) is 0.308. The highest BCUT2D eigenvalue weighted by Crippen LogP contribution is 2.27. The van der Waals surface area contributed by atoms with Gasteiger partial charge in [0.25, 0.3) is 0 Å². The van der Waals surface area contributed by atoms with Crippen molar-refractivity contribution >= 4 is 11.3 Å². The summed E-state index contributed by atoms with van der Waals surface area (Å²) in [7, 11) is 3.22. The van der Waals surface area contributed by atoms with Gasteiger partial charge in [0.15, 0.2) is 0 Å². The summed E-state index contributed by atoms with van der Waals surface area (Å²) in [6.07, 6.45) is -0.384. The Balaban J connectivity index is 2.29. The fourth-order valence-electron chi connectivity index (χ4n) is 1.64. The molecule has 2 rings (SSSR count). The van der Waals surface area contributed by atoms with Gasteiger partial charge in [-0.1, -0.05) is 23.8 Å². The average Bonchev–Trinajstić information content (AvgIpc) is 2.80. The molecule has 0 saturated heterocycles. The van der Waals surface area contributed by atoms with Crippen molar-refractivity contribution in [1.82, 2.24) is 4.98 Å². The lowest BCUT2D eigenvalue weighted by Gasteiger charge is -2.09. The van der Waals surface area contributed by atoms with Crippen molar-refractivity contribution in [3.8, 4) is 10.6 Å². The number of benzene rings is 1. The Kier molecular flexibility index (Phi) is 3.89. The molecule has 0 aliphatic carbocycles. The molecule has 1 heterocycles. The molecule has 17 heavy (non-hydrogen) atoms. The molecule has 1 aromatic carbocycles. The van der Waals surface area contributed by atoms with Crippen LogP contribution < -0.4 is 0 Å². The third kappa shape index (κ3) is 2.72. The lowest BCUT2D eigenvalue weighted by atomic mass is 10.1. The van der Waals surface area contributed by atoms with Crippen LogP contribution in [0.4, 0.5) is 0 Å². The molecular formula is C13H15NO2S. The summed E-state index contributed by atoms with van der Waals surface area (Å²) in [5, 5.41) is 2.96. The summed E-state index contributed by atoms with van der Waals surface area (Å²) in [4.78, 5) is 4.53. The van der Waals surface area contributed by atoms with Crippen molar-refractivity contribution in [2.75, 3.05) is 14.2 Å². The Morgan fingerprint density at radius 2 is 2.00 bits per heavy atom. The monoisotopic (exact) mass is 249 g/mol. The molecular weight excluding hydrogens is 234 g/mol. The van der Waals surface area contributed by atoms with Gasteiger partial charge in [0.1, 0.15) is 10.7 Å². The van der Waals surface area contributed by atoms with E-state index in [0.29, 0.717) is 0 Å². The number of methoxy groups -OCH3 is 2. The fourth-order valence-corrected chi connectivity index (χ4v) is 2.46. The summed E-state index contributed by atoms with van der Waals surface area (Å²) >= 11 is 1.60. The summed E-state index contributed by atoms with van der Waals surface area (Å²) in [6, 6.07) is 8.29. The summed E-state index contributed by atoms with van der Waals surface area (Å²) in [5.41, 5.74) is 3.18. The first-order valence-corrected chi connectivity index (χ1v) is 6.20. The maximum atomic E-state index is 5.18. The molecule has 0 radical (unpaired) electrons. The van der Waals surface area contributed by atoms with Crippen LogP contribution in [0.25, 0.3) is 10.6 Å². The van der Waals surface area contributed by atoms with Gasteiger partial charge in [-0.15, -0.1) is 11.3 Å². The second-order valence-corrected chi connectivity index (χ2v) is 4.61. The third-order valence-electron chi connectivity index (χ3n) is 2.46. The van der Waals surface area contributed by atoms with Crippen LogP contribution in [-0.2, 0) is 9.47 Å². The maximum Gasteiger partial charge on any atom is 0.201 e. The first-order chi connectivity index (χ1) is 8.24. The molecule has 0 bridgehead atoms. The van der Waals surface area contributed by atoms with Crippen LogP contribution in [0.5, 0.6) is 0 Å². The van der Waals surface area contributed by atoms with Gasteiger partial charge in [0, 0.05) is 25.2 Å². The Labute approximate surface area is 105 Å². The van der Waals surface area contributed by atoms with E-state index in [4.69, 9.17) is 9.47 Å². The Bertz CT molecular complexity index is 492. The highest BCUT2D eigenvalue weighted by atomic mass is 32.1. The lowest BCUT2D eigenvalue weighted by Crippen LogP contribution is -2.03. The molecule has 0 spiro atoms. The molecule has 0 amide bonds. The van der Waals surface area contributed by atoms with Crippen molar-refractivity contribution in [3.63, 3.8) is 0 Å². The predicted molar refractivity (Wildman–Crippen MR) is 69.0 cm³/mol. The standard InChI is InChI=1S/C13H15NO2S/c1-9-5-4-6-10(7-9)12-14-11(8-17-12)13(15-2)16-3/h4-8,13H,1-3H3. The van der Waals surface area contributed by atoms with Crippen LogP contribution in [-0.4, -0.2) is 19.2 Å². The Morgan fingerprint density at radius 1 is 1.24 bits per heavy atom. The number of rotatable bonds is 4. The van der Waals surface area contributed by atoms with Crippen molar-refractivity contribution in [2.24, 2.45) is 0 Å². The highest BCUT2D eigenvalue weighted by Gasteiger charge is 2.13. The number of nitrogens with zero attached hydrogens (tertiary/aromatic N) is 1. The summed E-state index contributed by atoms with van der Waals surface area (Å²) in [6.45, 7) is 2.07. The smallest absolute Gasteiger partial charge is 0.201 e. The molecule has 0 aliphatic rings. The van der Waals surface area contributed by atoms with E-state index >= 15 is 0 Å². The lowest BCUT2D eigenvalue weighted by molar-refractivity contribution is -0.108. The minimum absolute atomic E-state index is 0.384. The van der Waals surface area contributed by atoms with Crippen molar-refractivity contribution in [1.29, 1.82) is 0 Å². The van der Waals surface area contributed by atoms with E-state index in [2.05, 4.69) is 30.1 Å². The van der Waals surface area contributed by atoms with Crippen molar-refractivity contribution < 1.29 is 9.47 Å². The van der Waals surface area contributed by atoms with Crippen LogP contribution in [0.15, 0.2) is 29.6 Å². The molecule has 0 unspecified atom stereocenters. The van der Waals surface area contributed by atoms with Gasteiger partial charge in [-0.25, -0.2) is 4.98 Å². The normalized spacial score (nSPS) is 11.1. The van der Waals surface area contributed by atoms with Gasteiger partial charge in [0.2, 0.25) is 6.29 Å². The molecule has 3 nitrogen and oxygen atoms in total.